The predicted molar refractivity (Wildman–Crippen MR) is 127 cm³/mol. The maximum absolute atomic E-state index is 12.8. The van der Waals surface area contributed by atoms with Crippen LogP contribution in [0.4, 0.5) is 0 Å². The fourth-order valence-electron chi connectivity index (χ4n) is 3.51. The average molecular weight is 536 g/mol. The molecule has 0 spiro atoms. The summed E-state index contributed by atoms with van der Waals surface area (Å²) in [6.07, 6.45) is 1.36. The Morgan fingerprint density at radius 3 is 2.92 bits per heavy atom. The largest absolute Gasteiger partial charge is 0.508 e. The number of aromatic nitrogens is 4. The van der Waals surface area contributed by atoms with Crippen molar-refractivity contribution in [1.29, 1.82) is 0 Å². The van der Waals surface area contributed by atoms with Crippen LogP contribution >= 0.6 is 23.5 Å². The van der Waals surface area contributed by atoms with Crippen molar-refractivity contribution in [2.75, 3.05) is 25.2 Å². The molecule has 3 N–H and O–H groups in total. The number of phenolic OH excluding ortho intramolecular Hbond substituents is 1. The number of hydrogen-bond acceptors (Lipinski definition) is 12. The number of amides is 2. The lowest BCUT2D eigenvalue weighted by atomic mass is 10.0. The summed E-state index contributed by atoms with van der Waals surface area (Å²) in [5.41, 5.74) is 0.942. The molecule has 1 aromatic heterocycles. The Hall–Kier alpha value is -3.79. The summed E-state index contributed by atoms with van der Waals surface area (Å²) in [4.78, 5) is 43.1. The Morgan fingerprint density at radius 1 is 1.42 bits per heavy atom. The lowest BCUT2D eigenvalue weighted by molar-refractivity contribution is -0.150. The van der Waals surface area contributed by atoms with Crippen LogP contribution in [0, 0.1) is 0 Å². The number of rotatable bonds is 10. The molecule has 1 aromatic carbocycles. The smallest absolute Gasteiger partial charge is 0.352 e. The van der Waals surface area contributed by atoms with Gasteiger partial charge in [-0.3, -0.25) is 14.5 Å². The molecule has 0 saturated carbocycles. The molecule has 0 unspecified atom stereocenters. The molecule has 0 radical (unpaired) electrons. The molecule has 2 aromatic rings. The topological polar surface area (TPSA) is 181 Å². The summed E-state index contributed by atoms with van der Waals surface area (Å²) in [6.45, 7) is -0.437. The van der Waals surface area contributed by atoms with Gasteiger partial charge in [-0.15, -0.1) is 16.9 Å². The van der Waals surface area contributed by atoms with Gasteiger partial charge in [0.25, 0.3) is 11.8 Å². The number of thioether (sulfide) groups is 2. The summed E-state index contributed by atoms with van der Waals surface area (Å²) in [6, 6.07) is 3.39. The number of carbonyl (C=O) groups excluding carboxylic acids is 2. The van der Waals surface area contributed by atoms with E-state index in [2.05, 4.69) is 30.8 Å². The number of aromatic hydroxyl groups is 1. The highest BCUT2D eigenvalue weighted by Crippen LogP contribution is 2.41. The zero-order valence-corrected chi connectivity index (χ0v) is 20.7. The number of carboxylic acids is 1. The third kappa shape index (κ3) is 5.23. The minimum absolute atomic E-state index is 0.0687. The van der Waals surface area contributed by atoms with E-state index in [1.165, 1.54) is 64.6 Å². The van der Waals surface area contributed by atoms with Gasteiger partial charge in [-0.1, -0.05) is 16.9 Å². The maximum Gasteiger partial charge on any atom is 0.352 e. The van der Waals surface area contributed by atoms with Gasteiger partial charge in [-0.2, -0.15) is 0 Å². The fourth-order valence-corrected chi connectivity index (χ4v) is 5.85. The van der Waals surface area contributed by atoms with Gasteiger partial charge in [-0.05, 0) is 28.1 Å². The standard InChI is InChI=1S/C20H21N7O7S2/c1-26-20(23-24-25-26)36-9-11-8-35-18-15(17(30)27(18)16(11)19(31)32)22-14(29)7-34-13-5-12(28)4-3-10(13)6-21-33-2/h3-6,15,18,28H,7-9H2,1-2H3,(H,22,29)(H,31,32)/b21-6+/t15-,18-/m1/s1. The third-order valence-electron chi connectivity index (χ3n) is 5.18. The SMILES string of the molecule is CO/N=C/c1ccc(O)cc1OCC(=O)N[C@@H]1C(=O)N2C(C(=O)O)=C(CSc3nnnn3C)CS[C@H]12. The van der Waals surface area contributed by atoms with Crippen LogP contribution in [0.2, 0.25) is 0 Å². The van der Waals surface area contributed by atoms with Crippen molar-refractivity contribution in [1.82, 2.24) is 30.4 Å². The number of hydrogen-bond donors (Lipinski definition) is 3. The van der Waals surface area contributed by atoms with E-state index in [0.29, 0.717) is 27.8 Å². The maximum atomic E-state index is 12.8. The van der Waals surface area contributed by atoms with Gasteiger partial charge < -0.3 is 25.1 Å². The average Bonchev–Trinajstić information content (AvgIpc) is 3.27. The Morgan fingerprint density at radius 2 is 2.22 bits per heavy atom. The Labute approximate surface area is 212 Å². The monoisotopic (exact) mass is 535 g/mol. The molecule has 4 rings (SSSR count). The molecule has 14 nitrogen and oxygen atoms in total. The van der Waals surface area contributed by atoms with Crippen LogP contribution in [0.1, 0.15) is 5.56 Å². The van der Waals surface area contributed by atoms with Gasteiger partial charge in [0.2, 0.25) is 5.16 Å². The molecule has 2 aliphatic heterocycles. The van der Waals surface area contributed by atoms with Crippen molar-refractivity contribution in [3.8, 4) is 11.5 Å². The highest BCUT2D eigenvalue weighted by Gasteiger charge is 2.54. The third-order valence-corrected chi connectivity index (χ3v) is 7.61. The summed E-state index contributed by atoms with van der Waals surface area (Å²) in [7, 11) is 3.04. The second-order valence-electron chi connectivity index (χ2n) is 7.51. The number of β-lactam (4-membered cyclic amide) rings is 1. The van der Waals surface area contributed by atoms with Gasteiger partial charge in [0.05, 0.1) is 6.21 Å². The zero-order valence-electron chi connectivity index (χ0n) is 19.0. The van der Waals surface area contributed by atoms with Crippen LogP contribution < -0.4 is 10.1 Å². The second kappa shape index (κ2) is 10.9. The Bertz CT molecular complexity index is 1250. The van der Waals surface area contributed by atoms with Crippen LogP contribution in [0.25, 0.3) is 0 Å². The first-order valence-corrected chi connectivity index (χ1v) is 12.4. The quantitative estimate of drug-likeness (QED) is 0.158. The minimum Gasteiger partial charge on any atom is -0.508 e. The molecule has 2 atom stereocenters. The molecule has 0 bridgehead atoms. The Kier molecular flexibility index (Phi) is 7.64. The van der Waals surface area contributed by atoms with E-state index in [0.717, 1.165) is 0 Å². The van der Waals surface area contributed by atoms with Crippen LogP contribution in [0.15, 0.2) is 39.8 Å². The van der Waals surface area contributed by atoms with Crippen molar-refractivity contribution in [2.24, 2.45) is 12.2 Å². The van der Waals surface area contributed by atoms with E-state index >= 15 is 0 Å². The van der Waals surface area contributed by atoms with E-state index in [9.17, 15) is 24.6 Å². The number of nitrogens with zero attached hydrogens (tertiary/aromatic N) is 6. The molecule has 0 aliphatic carbocycles. The van der Waals surface area contributed by atoms with Crippen molar-refractivity contribution in [3.05, 3.63) is 35.0 Å². The first kappa shape index (κ1) is 25.3. The lowest BCUT2D eigenvalue weighted by Crippen LogP contribution is -2.70. The number of aliphatic carboxylic acids is 1. The highest BCUT2D eigenvalue weighted by molar-refractivity contribution is 8.01. The second-order valence-corrected chi connectivity index (χ2v) is 9.56. The highest BCUT2D eigenvalue weighted by atomic mass is 32.2. The molecule has 1 saturated heterocycles. The molecule has 2 amide bonds. The molecular weight excluding hydrogens is 514 g/mol. The normalized spacial score (nSPS) is 19.2. The number of phenols is 1. The summed E-state index contributed by atoms with van der Waals surface area (Å²) < 4.78 is 6.97. The number of oxime groups is 1. The molecule has 3 heterocycles. The first-order chi connectivity index (χ1) is 17.3. The molecule has 2 aliphatic rings. The summed E-state index contributed by atoms with van der Waals surface area (Å²) >= 11 is 2.62. The van der Waals surface area contributed by atoms with Gasteiger partial charge in [-0.25, -0.2) is 9.48 Å². The molecule has 16 heteroatoms. The van der Waals surface area contributed by atoms with Crippen molar-refractivity contribution < 1.29 is 34.2 Å². The van der Waals surface area contributed by atoms with Gasteiger partial charge in [0.15, 0.2) is 6.61 Å². The number of nitrogens with one attached hydrogen (secondary N) is 1. The van der Waals surface area contributed by atoms with Crippen LogP contribution in [-0.4, -0.2) is 96.0 Å². The van der Waals surface area contributed by atoms with E-state index in [1.54, 1.807) is 7.05 Å². The van der Waals surface area contributed by atoms with E-state index < -0.39 is 35.8 Å². The van der Waals surface area contributed by atoms with Crippen molar-refractivity contribution in [2.45, 2.75) is 16.6 Å². The number of fused-ring (bicyclic) bond motifs is 1. The van der Waals surface area contributed by atoms with Crippen molar-refractivity contribution >= 4 is 47.5 Å². The van der Waals surface area contributed by atoms with E-state index in [4.69, 9.17) is 4.74 Å². The summed E-state index contributed by atoms with van der Waals surface area (Å²) in [5, 5.41) is 36.8. The van der Waals surface area contributed by atoms with E-state index in [-0.39, 0.29) is 17.2 Å². The predicted octanol–water partition coefficient (Wildman–Crippen LogP) is -0.194. The molecule has 1 fully saturated rings. The number of benzene rings is 1. The minimum atomic E-state index is -1.22. The molecule has 36 heavy (non-hydrogen) atoms. The van der Waals surface area contributed by atoms with Gasteiger partial charge in [0, 0.05) is 30.2 Å². The number of carbonyl (C=O) groups is 3. The van der Waals surface area contributed by atoms with Gasteiger partial charge in [0.1, 0.15) is 35.7 Å². The van der Waals surface area contributed by atoms with Gasteiger partial charge >= 0.3 is 5.97 Å². The fraction of sp³-hybridized carbons (Fsp3) is 0.350. The van der Waals surface area contributed by atoms with Crippen molar-refractivity contribution in [3.63, 3.8) is 0 Å². The number of ether oxygens (including phenoxy) is 1. The van der Waals surface area contributed by atoms with Crippen LogP contribution in [0.5, 0.6) is 11.5 Å². The zero-order chi connectivity index (χ0) is 25.8. The molecule has 190 valence electrons. The Balaban J connectivity index is 1.39. The first-order valence-electron chi connectivity index (χ1n) is 10.4. The number of tetrazole rings is 1. The summed E-state index contributed by atoms with van der Waals surface area (Å²) in [5.74, 6) is -1.54. The lowest BCUT2D eigenvalue weighted by Gasteiger charge is -2.49. The number of carboxylic acid groups (broad SMARTS) is 1. The molecular formula is C20H21N7O7S2. The van der Waals surface area contributed by atoms with Crippen LogP contribution in [0.3, 0.4) is 0 Å². The number of aryl methyl sites for hydroxylation is 1. The van der Waals surface area contributed by atoms with E-state index in [1.807, 2.05) is 0 Å². The van der Waals surface area contributed by atoms with Crippen LogP contribution in [-0.2, 0) is 26.3 Å².